The van der Waals surface area contributed by atoms with Crippen molar-refractivity contribution in [3.8, 4) is 29.0 Å². The molecule has 174 valence electrons. The summed E-state index contributed by atoms with van der Waals surface area (Å²) in [4.78, 5) is 14.0. The van der Waals surface area contributed by atoms with E-state index in [2.05, 4.69) is 46.3 Å². The first kappa shape index (κ1) is 20.5. The number of hydrogen-bond donors (Lipinski definition) is 0. The summed E-state index contributed by atoms with van der Waals surface area (Å²) in [6.07, 6.45) is 3.38. The summed E-state index contributed by atoms with van der Waals surface area (Å²) in [7, 11) is 0. The van der Waals surface area contributed by atoms with Gasteiger partial charge in [-0.25, -0.2) is 19.2 Å². The molecule has 1 atom stereocenters. The summed E-state index contributed by atoms with van der Waals surface area (Å²) in [5, 5.41) is 9.55. The zero-order valence-corrected chi connectivity index (χ0v) is 19.7. The van der Waals surface area contributed by atoms with Gasteiger partial charge in [0.2, 0.25) is 17.6 Å². The highest BCUT2D eigenvalue weighted by atomic mass is 16.5. The van der Waals surface area contributed by atoms with Gasteiger partial charge in [0.1, 0.15) is 12.0 Å². The van der Waals surface area contributed by atoms with E-state index in [0.29, 0.717) is 28.9 Å². The Morgan fingerprint density at radius 1 is 0.806 bits per heavy atom. The van der Waals surface area contributed by atoms with Gasteiger partial charge in [-0.1, -0.05) is 54.1 Å². The summed E-state index contributed by atoms with van der Waals surface area (Å²) in [5.74, 6) is 1.52. The topological polar surface area (TPSA) is 83.0 Å². The zero-order valence-electron chi connectivity index (χ0n) is 19.7. The predicted molar refractivity (Wildman–Crippen MR) is 135 cm³/mol. The van der Waals surface area contributed by atoms with Crippen molar-refractivity contribution >= 4 is 5.65 Å². The smallest absolute Gasteiger partial charge is 0.230 e. The fraction of sp³-hybridized carbons (Fsp3) is 0.107. The SMILES string of the molecule is Cc1ccc(C2c3c(C)nn(-c4ccccc4)c3Oc3ncn4nc(-c5ccccn5)nc4c32)cc1. The van der Waals surface area contributed by atoms with Crippen molar-refractivity contribution in [2.24, 2.45) is 0 Å². The van der Waals surface area contributed by atoms with E-state index in [1.54, 1.807) is 17.0 Å². The van der Waals surface area contributed by atoms with Crippen molar-refractivity contribution in [2.75, 3.05) is 0 Å². The molecule has 0 radical (unpaired) electrons. The Kier molecular flexibility index (Phi) is 4.47. The molecule has 0 saturated carbocycles. The van der Waals surface area contributed by atoms with Crippen LogP contribution in [0.25, 0.3) is 22.9 Å². The third-order valence-electron chi connectivity index (χ3n) is 6.53. The summed E-state index contributed by atoms with van der Waals surface area (Å²) in [6.45, 7) is 4.10. The van der Waals surface area contributed by atoms with Gasteiger partial charge in [-0.2, -0.15) is 5.10 Å². The summed E-state index contributed by atoms with van der Waals surface area (Å²) < 4.78 is 10.0. The highest BCUT2D eigenvalue weighted by Crippen LogP contribution is 2.49. The Hall–Kier alpha value is -4.85. The van der Waals surface area contributed by atoms with Crippen LogP contribution in [0.3, 0.4) is 0 Å². The molecule has 1 unspecified atom stereocenters. The molecular weight excluding hydrogens is 450 g/mol. The summed E-state index contributed by atoms with van der Waals surface area (Å²) in [5.41, 5.74) is 7.35. The van der Waals surface area contributed by atoms with Crippen LogP contribution in [0.4, 0.5) is 0 Å². The lowest BCUT2D eigenvalue weighted by Crippen LogP contribution is -2.16. The van der Waals surface area contributed by atoms with E-state index in [0.717, 1.165) is 28.1 Å². The lowest BCUT2D eigenvalue weighted by atomic mass is 9.84. The van der Waals surface area contributed by atoms with Crippen LogP contribution in [0.2, 0.25) is 0 Å². The number of pyridine rings is 1. The first-order valence-corrected chi connectivity index (χ1v) is 11.7. The molecule has 0 aliphatic carbocycles. The molecule has 0 fully saturated rings. The van der Waals surface area contributed by atoms with E-state index in [1.165, 1.54) is 5.56 Å². The Morgan fingerprint density at radius 2 is 1.61 bits per heavy atom. The molecule has 6 aromatic rings. The van der Waals surface area contributed by atoms with Gasteiger partial charge in [0.15, 0.2) is 5.65 Å². The van der Waals surface area contributed by atoms with Gasteiger partial charge in [0.05, 0.1) is 28.4 Å². The average Bonchev–Trinajstić information content (AvgIpc) is 3.50. The minimum atomic E-state index is -0.182. The second-order valence-electron chi connectivity index (χ2n) is 8.88. The molecule has 8 heteroatoms. The van der Waals surface area contributed by atoms with Crippen LogP contribution in [0, 0.1) is 13.8 Å². The van der Waals surface area contributed by atoms with Crippen LogP contribution in [0.5, 0.6) is 11.8 Å². The highest BCUT2D eigenvalue weighted by Gasteiger charge is 2.38. The van der Waals surface area contributed by atoms with Crippen molar-refractivity contribution in [3.63, 3.8) is 0 Å². The molecule has 0 bridgehead atoms. The van der Waals surface area contributed by atoms with Crippen molar-refractivity contribution in [1.29, 1.82) is 0 Å². The Labute approximate surface area is 206 Å². The van der Waals surface area contributed by atoms with E-state index >= 15 is 0 Å². The molecule has 1 aliphatic rings. The molecule has 8 nitrogen and oxygen atoms in total. The molecule has 0 spiro atoms. The van der Waals surface area contributed by atoms with E-state index < -0.39 is 0 Å². The second-order valence-corrected chi connectivity index (χ2v) is 8.88. The average molecular weight is 472 g/mol. The molecule has 0 amide bonds. The minimum absolute atomic E-state index is 0.182. The van der Waals surface area contributed by atoms with Crippen molar-refractivity contribution < 1.29 is 4.74 Å². The van der Waals surface area contributed by atoms with Gasteiger partial charge in [-0.05, 0) is 43.7 Å². The second kappa shape index (κ2) is 7.84. The van der Waals surface area contributed by atoms with Gasteiger partial charge < -0.3 is 4.74 Å². The van der Waals surface area contributed by atoms with Crippen molar-refractivity contribution in [3.05, 3.63) is 113 Å². The molecule has 4 aromatic heterocycles. The first-order valence-electron chi connectivity index (χ1n) is 11.7. The maximum Gasteiger partial charge on any atom is 0.230 e. The molecule has 1 aliphatic heterocycles. The third kappa shape index (κ3) is 3.11. The Morgan fingerprint density at radius 3 is 2.39 bits per heavy atom. The number of aryl methyl sites for hydroxylation is 2. The van der Waals surface area contributed by atoms with Crippen LogP contribution in [0.15, 0.2) is 85.3 Å². The molecular formula is C28H21N7O. The number of aromatic nitrogens is 7. The van der Waals surface area contributed by atoms with E-state index in [9.17, 15) is 0 Å². The van der Waals surface area contributed by atoms with Gasteiger partial charge in [0.25, 0.3) is 0 Å². The van der Waals surface area contributed by atoms with Crippen molar-refractivity contribution in [2.45, 2.75) is 19.8 Å². The zero-order chi connectivity index (χ0) is 24.2. The molecule has 2 aromatic carbocycles. The van der Waals surface area contributed by atoms with Crippen LogP contribution in [0.1, 0.15) is 33.9 Å². The quantitative estimate of drug-likeness (QED) is 0.349. The Balaban J connectivity index is 1.50. The van der Waals surface area contributed by atoms with Gasteiger partial charge in [-0.15, -0.1) is 5.10 Å². The fourth-order valence-electron chi connectivity index (χ4n) is 4.82. The maximum absolute atomic E-state index is 6.47. The normalized spacial score (nSPS) is 14.3. The number of fused-ring (bicyclic) bond motifs is 4. The number of hydrogen-bond acceptors (Lipinski definition) is 6. The number of benzene rings is 2. The molecule has 7 rings (SSSR count). The molecule has 5 heterocycles. The van der Waals surface area contributed by atoms with E-state index in [4.69, 9.17) is 14.8 Å². The predicted octanol–water partition coefficient (Wildman–Crippen LogP) is 5.27. The number of nitrogens with zero attached hydrogens (tertiary/aromatic N) is 7. The van der Waals surface area contributed by atoms with Gasteiger partial charge in [0, 0.05) is 6.20 Å². The number of ether oxygens (including phenoxy) is 1. The molecule has 36 heavy (non-hydrogen) atoms. The minimum Gasteiger partial charge on any atom is -0.420 e. The highest BCUT2D eigenvalue weighted by molar-refractivity contribution is 5.68. The van der Waals surface area contributed by atoms with Crippen molar-refractivity contribution in [1.82, 2.24) is 34.3 Å². The molecule has 0 saturated heterocycles. The van der Waals surface area contributed by atoms with E-state index in [-0.39, 0.29) is 5.92 Å². The lowest BCUT2D eigenvalue weighted by molar-refractivity contribution is 0.402. The number of para-hydroxylation sites is 1. The van der Waals surface area contributed by atoms with Crippen LogP contribution in [-0.4, -0.2) is 34.3 Å². The maximum atomic E-state index is 6.47. The first-order chi connectivity index (χ1) is 17.7. The van der Waals surface area contributed by atoms with Gasteiger partial charge in [-0.3, -0.25) is 4.98 Å². The van der Waals surface area contributed by atoms with Crippen LogP contribution < -0.4 is 4.74 Å². The monoisotopic (exact) mass is 471 g/mol. The van der Waals surface area contributed by atoms with E-state index in [1.807, 2.05) is 60.1 Å². The standard InChI is InChI=1S/C28H21N7O/c1-17-11-13-19(14-12-17)23-22-18(2)32-35(20-8-4-3-5-9-20)28(22)36-27-24(23)26-31-25(33-34(26)16-30-27)21-10-6-7-15-29-21/h3-16,23H,1-2H3. The van der Waals surface area contributed by atoms with Crippen LogP contribution in [-0.2, 0) is 0 Å². The van der Waals surface area contributed by atoms with Gasteiger partial charge >= 0.3 is 0 Å². The lowest BCUT2D eigenvalue weighted by Gasteiger charge is -2.26. The molecule has 0 N–H and O–H groups in total. The Bertz CT molecular complexity index is 1720. The summed E-state index contributed by atoms with van der Waals surface area (Å²) in [6, 6.07) is 24.2. The third-order valence-corrected chi connectivity index (χ3v) is 6.53. The summed E-state index contributed by atoms with van der Waals surface area (Å²) >= 11 is 0. The largest absolute Gasteiger partial charge is 0.420 e. The number of rotatable bonds is 3. The fourth-order valence-corrected chi connectivity index (χ4v) is 4.82. The van der Waals surface area contributed by atoms with Crippen LogP contribution >= 0.6 is 0 Å².